The minimum Gasteiger partial charge on any atom is -0.328 e. The quantitative estimate of drug-likeness (QED) is 0.900. The molecule has 1 saturated heterocycles. The molecule has 20 heavy (non-hydrogen) atoms. The summed E-state index contributed by atoms with van der Waals surface area (Å²) in [5, 5.41) is 0. The van der Waals surface area contributed by atoms with Gasteiger partial charge in [-0.25, -0.2) is 8.42 Å². The predicted molar refractivity (Wildman–Crippen MR) is 84.0 cm³/mol. The summed E-state index contributed by atoms with van der Waals surface area (Å²) in [5.41, 5.74) is 6.85. The van der Waals surface area contributed by atoms with Crippen LogP contribution in [-0.4, -0.2) is 31.9 Å². The van der Waals surface area contributed by atoms with Crippen molar-refractivity contribution in [2.75, 3.05) is 13.1 Å². The highest BCUT2D eigenvalue weighted by Crippen LogP contribution is 2.27. The molecule has 1 heterocycles. The van der Waals surface area contributed by atoms with E-state index in [0.29, 0.717) is 18.0 Å². The molecule has 0 aliphatic carbocycles. The Hall–Kier alpha value is -0.430. The van der Waals surface area contributed by atoms with Crippen molar-refractivity contribution in [1.82, 2.24) is 4.31 Å². The zero-order valence-electron chi connectivity index (χ0n) is 11.8. The highest BCUT2D eigenvalue weighted by molar-refractivity contribution is 9.10. The van der Waals surface area contributed by atoms with Crippen molar-refractivity contribution in [3.05, 3.63) is 28.2 Å². The molecular formula is C14H21BrN2O2S. The summed E-state index contributed by atoms with van der Waals surface area (Å²) in [5.74, 6) is 0.245. The van der Waals surface area contributed by atoms with Gasteiger partial charge in [-0.3, -0.25) is 0 Å². The molecule has 1 aliphatic heterocycles. The monoisotopic (exact) mass is 360 g/mol. The number of benzene rings is 1. The SMILES string of the molecule is Cc1cc(S(=O)(=O)N2CCC[C@@H]([C@H](C)N)C2)ccc1Br. The highest BCUT2D eigenvalue weighted by Gasteiger charge is 2.31. The van der Waals surface area contributed by atoms with E-state index >= 15 is 0 Å². The lowest BCUT2D eigenvalue weighted by Gasteiger charge is -2.33. The first-order chi connectivity index (χ1) is 9.32. The van der Waals surface area contributed by atoms with Gasteiger partial charge in [0.15, 0.2) is 0 Å². The lowest BCUT2D eigenvalue weighted by atomic mass is 9.93. The van der Waals surface area contributed by atoms with E-state index in [4.69, 9.17) is 5.73 Å². The minimum atomic E-state index is -3.41. The summed E-state index contributed by atoms with van der Waals surface area (Å²) in [6.45, 7) is 4.95. The largest absolute Gasteiger partial charge is 0.328 e. The third-order valence-electron chi connectivity index (χ3n) is 3.93. The van der Waals surface area contributed by atoms with E-state index in [0.717, 1.165) is 22.9 Å². The third-order valence-corrected chi connectivity index (χ3v) is 6.68. The van der Waals surface area contributed by atoms with Gasteiger partial charge in [0.25, 0.3) is 0 Å². The van der Waals surface area contributed by atoms with Crippen LogP contribution in [0.15, 0.2) is 27.6 Å². The van der Waals surface area contributed by atoms with Gasteiger partial charge in [-0.2, -0.15) is 4.31 Å². The Bertz CT molecular complexity index is 587. The van der Waals surface area contributed by atoms with E-state index < -0.39 is 10.0 Å². The first kappa shape index (κ1) is 15.9. The second kappa shape index (κ2) is 6.13. The topological polar surface area (TPSA) is 63.4 Å². The molecule has 4 nitrogen and oxygen atoms in total. The number of nitrogens with two attached hydrogens (primary N) is 1. The fourth-order valence-electron chi connectivity index (χ4n) is 2.55. The van der Waals surface area contributed by atoms with Crippen LogP contribution in [0.4, 0.5) is 0 Å². The van der Waals surface area contributed by atoms with Crippen molar-refractivity contribution in [1.29, 1.82) is 0 Å². The number of aryl methyl sites for hydroxylation is 1. The van der Waals surface area contributed by atoms with Crippen LogP contribution in [0.3, 0.4) is 0 Å². The molecule has 1 aromatic carbocycles. The summed E-state index contributed by atoms with van der Waals surface area (Å²) in [6.07, 6.45) is 1.88. The number of piperidine rings is 1. The Morgan fingerprint density at radius 2 is 2.15 bits per heavy atom. The van der Waals surface area contributed by atoms with Gasteiger partial charge in [0.2, 0.25) is 10.0 Å². The van der Waals surface area contributed by atoms with Gasteiger partial charge in [-0.15, -0.1) is 0 Å². The summed E-state index contributed by atoms with van der Waals surface area (Å²) < 4.78 is 27.9. The third kappa shape index (κ3) is 3.24. The molecule has 1 fully saturated rings. The molecule has 0 spiro atoms. The maximum absolute atomic E-state index is 12.7. The van der Waals surface area contributed by atoms with Crippen molar-refractivity contribution in [2.45, 2.75) is 37.6 Å². The molecule has 2 N–H and O–H groups in total. The second-order valence-corrected chi connectivity index (χ2v) is 8.33. The number of halogens is 1. The van der Waals surface area contributed by atoms with Gasteiger partial charge in [-0.1, -0.05) is 15.9 Å². The van der Waals surface area contributed by atoms with Crippen molar-refractivity contribution >= 4 is 26.0 Å². The van der Waals surface area contributed by atoms with Crippen molar-refractivity contribution < 1.29 is 8.42 Å². The lowest BCUT2D eigenvalue weighted by Crippen LogP contribution is -2.44. The maximum atomic E-state index is 12.7. The minimum absolute atomic E-state index is 0.0275. The number of rotatable bonds is 3. The molecule has 0 unspecified atom stereocenters. The van der Waals surface area contributed by atoms with Crippen LogP contribution in [-0.2, 0) is 10.0 Å². The Morgan fingerprint density at radius 1 is 1.45 bits per heavy atom. The average molecular weight is 361 g/mol. The molecule has 0 aromatic heterocycles. The van der Waals surface area contributed by atoms with Crippen LogP contribution in [0.1, 0.15) is 25.3 Å². The van der Waals surface area contributed by atoms with Gasteiger partial charge in [0, 0.05) is 23.6 Å². The van der Waals surface area contributed by atoms with E-state index in [1.807, 2.05) is 13.8 Å². The van der Waals surface area contributed by atoms with Crippen molar-refractivity contribution in [3.8, 4) is 0 Å². The molecule has 2 rings (SSSR count). The van der Waals surface area contributed by atoms with E-state index in [2.05, 4.69) is 15.9 Å². The maximum Gasteiger partial charge on any atom is 0.243 e. The first-order valence-corrected chi connectivity index (χ1v) is 9.07. The molecule has 112 valence electrons. The van der Waals surface area contributed by atoms with Gasteiger partial charge < -0.3 is 5.73 Å². The van der Waals surface area contributed by atoms with Crippen LogP contribution >= 0.6 is 15.9 Å². The standard InChI is InChI=1S/C14H21BrN2O2S/c1-10-8-13(5-6-14(10)15)20(18,19)17-7-3-4-12(9-17)11(2)16/h5-6,8,11-12H,3-4,7,9,16H2,1-2H3/t11-,12+/m0/s1. The van der Waals surface area contributed by atoms with Crippen molar-refractivity contribution in [3.63, 3.8) is 0 Å². The number of hydrogen-bond donors (Lipinski definition) is 1. The Balaban J connectivity index is 2.27. The smallest absolute Gasteiger partial charge is 0.243 e. The van der Waals surface area contributed by atoms with E-state index in [1.54, 1.807) is 22.5 Å². The van der Waals surface area contributed by atoms with Gasteiger partial charge in [0.1, 0.15) is 0 Å². The molecule has 0 amide bonds. The van der Waals surface area contributed by atoms with Crippen LogP contribution in [0.2, 0.25) is 0 Å². The van der Waals surface area contributed by atoms with Gasteiger partial charge in [-0.05, 0) is 56.4 Å². The Labute approximate surface area is 129 Å². The second-order valence-electron chi connectivity index (χ2n) is 5.54. The van der Waals surface area contributed by atoms with E-state index in [-0.39, 0.29) is 12.0 Å². The molecule has 1 aromatic rings. The predicted octanol–water partition coefficient (Wildman–Crippen LogP) is 2.51. The summed E-state index contributed by atoms with van der Waals surface area (Å²) in [6, 6.07) is 5.19. The summed E-state index contributed by atoms with van der Waals surface area (Å²) in [7, 11) is -3.41. The molecular weight excluding hydrogens is 340 g/mol. The normalized spacial score (nSPS) is 22.7. The number of nitrogens with zero attached hydrogens (tertiary/aromatic N) is 1. The van der Waals surface area contributed by atoms with Gasteiger partial charge >= 0.3 is 0 Å². The van der Waals surface area contributed by atoms with Crippen LogP contribution in [0, 0.1) is 12.8 Å². The highest BCUT2D eigenvalue weighted by atomic mass is 79.9. The van der Waals surface area contributed by atoms with E-state index in [1.165, 1.54) is 0 Å². The lowest BCUT2D eigenvalue weighted by molar-refractivity contribution is 0.243. The van der Waals surface area contributed by atoms with Crippen LogP contribution in [0.5, 0.6) is 0 Å². The molecule has 6 heteroatoms. The number of sulfonamides is 1. The van der Waals surface area contributed by atoms with Gasteiger partial charge in [0.05, 0.1) is 4.90 Å². The zero-order valence-corrected chi connectivity index (χ0v) is 14.2. The fraction of sp³-hybridized carbons (Fsp3) is 0.571. The molecule has 0 saturated carbocycles. The Morgan fingerprint density at radius 3 is 2.75 bits per heavy atom. The molecule has 2 atom stereocenters. The molecule has 0 bridgehead atoms. The van der Waals surface area contributed by atoms with Crippen molar-refractivity contribution in [2.24, 2.45) is 11.7 Å². The van der Waals surface area contributed by atoms with Crippen LogP contribution in [0.25, 0.3) is 0 Å². The molecule has 0 radical (unpaired) electrons. The van der Waals surface area contributed by atoms with E-state index in [9.17, 15) is 8.42 Å². The average Bonchev–Trinajstić information content (AvgIpc) is 2.42. The Kier molecular flexibility index (Phi) is 4.89. The zero-order chi connectivity index (χ0) is 14.9. The summed E-state index contributed by atoms with van der Waals surface area (Å²) in [4.78, 5) is 0.364. The molecule has 1 aliphatic rings. The van der Waals surface area contributed by atoms with Crippen LogP contribution < -0.4 is 5.73 Å². The first-order valence-electron chi connectivity index (χ1n) is 6.84. The number of hydrogen-bond acceptors (Lipinski definition) is 3. The summed E-state index contributed by atoms with van der Waals surface area (Å²) >= 11 is 3.40. The fourth-order valence-corrected chi connectivity index (χ4v) is 4.42.